The van der Waals surface area contributed by atoms with Gasteiger partial charge >= 0.3 is 0 Å². The Morgan fingerprint density at radius 1 is 1.10 bits per heavy atom. The van der Waals surface area contributed by atoms with Gasteiger partial charge in [0, 0.05) is 12.6 Å². The Morgan fingerprint density at radius 3 is 2.55 bits per heavy atom. The van der Waals surface area contributed by atoms with E-state index in [1.165, 1.54) is 30.4 Å². The van der Waals surface area contributed by atoms with Crippen molar-refractivity contribution in [1.29, 1.82) is 0 Å². The van der Waals surface area contributed by atoms with Gasteiger partial charge in [-0.25, -0.2) is 0 Å². The first kappa shape index (κ1) is 15.3. The van der Waals surface area contributed by atoms with Gasteiger partial charge < -0.3 is 5.32 Å². The fourth-order valence-electron chi connectivity index (χ4n) is 2.48. The molecule has 1 nitrogen and oxygen atoms in total. The van der Waals surface area contributed by atoms with E-state index in [1.807, 2.05) is 0 Å². The van der Waals surface area contributed by atoms with Gasteiger partial charge in [0.15, 0.2) is 0 Å². The summed E-state index contributed by atoms with van der Waals surface area (Å²) in [5.41, 5.74) is 2.95. The fraction of sp³-hybridized carbons (Fsp3) is 0.444. The van der Waals surface area contributed by atoms with Gasteiger partial charge in [-0.05, 0) is 53.1 Å². The molecule has 2 aromatic rings. The highest BCUT2D eigenvalue weighted by Gasteiger charge is 2.11. The van der Waals surface area contributed by atoms with Gasteiger partial charge in [-0.1, -0.05) is 44.2 Å². The minimum absolute atomic E-state index is 0.554. The summed E-state index contributed by atoms with van der Waals surface area (Å²) < 4.78 is 0. The quantitative estimate of drug-likeness (QED) is 0.731. The Kier molecular flexibility index (Phi) is 6.28. The molecule has 1 atom stereocenters. The van der Waals surface area contributed by atoms with E-state index in [9.17, 15) is 0 Å². The number of hydrogen-bond donors (Lipinski definition) is 1. The standard InChI is InChI=1S/C18H25NS/c1-15(2)19-13-18(17-8-4-3-5-9-17)10-6-7-16-11-12-20-14-16/h3-5,8-9,11-12,14-15,18-19H,6-7,10,13H2,1-2H3. The molecule has 0 radical (unpaired) electrons. The Morgan fingerprint density at radius 2 is 1.90 bits per heavy atom. The molecule has 0 saturated heterocycles. The maximum atomic E-state index is 3.59. The highest BCUT2D eigenvalue weighted by atomic mass is 32.1. The van der Waals surface area contributed by atoms with Crippen LogP contribution in [0.1, 0.15) is 43.7 Å². The zero-order chi connectivity index (χ0) is 14.2. The molecule has 108 valence electrons. The number of benzene rings is 1. The van der Waals surface area contributed by atoms with Crippen molar-refractivity contribution >= 4 is 11.3 Å². The average molecular weight is 287 g/mol. The maximum absolute atomic E-state index is 3.59. The van der Waals surface area contributed by atoms with Gasteiger partial charge in [-0.15, -0.1) is 0 Å². The van der Waals surface area contributed by atoms with Gasteiger partial charge in [0.05, 0.1) is 0 Å². The van der Waals surface area contributed by atoms with Crippen LogP contribution in [-0.4, -0.2) is 12.6 Å². The third kappa shape index (κ3) is 5.10. The second-order valence-corrected chi connectivity index (χ2v) is 6.47. The summed E-state index contributed by atoms with van der Waals surface area (Å²) in [5.74, 6) is 0.622. The summed E-state index contributed by atoms with van der Waals surface area (Å²) in [6, 6.07) is 13.7. The normalized spacial score (nSPS) is 12.8. The van der Waals surface area contributed by atoms with Crippen molar-refractivity contribution in [1.82, 2.24) is 5.32 Å². The van der Waals surface area contributed by atoms with Crippen LogP contribution in [-0.2, 0) is 6.42 Å². The predicted octanol–water partition coefficient (Wildman–Crippen LogP) is 4.85. The van der Waals surface area contributed by atoms with Crippen LogP contribution in [0.3, 0.4) is 0 Å². The summed E-state index contributed by atoms with van der Waals surface area (Å²) in [7, 11) is 0. The average Bonchev–Trinajstić information content (AvgIpc) is 2.96. The van der Waals surface area contributed by atoms with E-state index in [2.05, 4.69) is 66.3 Å². The third-order valence-corrected chi connectivity index (χ3v) is 4.37. The molecule has 0 aliphatic carbocycles. The summed E-state index contributed by atoms with van der Waals surface area (Å²) >= 11 is 1.80. The Hall–Kier alpha value is -1.12. The molecule has 20 heavy (non-hydrogen) atoms. The fourth-order valence-corrected chi connectivity index (χ4v) is 3.18. The Balaban J connectivity index is 1.88. The predicted molar refractivity (Wildman–Crippen MR) is 89.6 cm³/mol. The van der Waals surface area contributed by atoms with Crippen LogP contribution < -0.4 is 5.32 Å². The van der Waals surface area contributed by atoms with E-state index in [1.54, 1.807) is 11.3 Å². The molecule has 0 fully saturated rings. The Bertz CT molecular complexity index is 461. The number of aryl methyl sites for hydroxylation is 1. The lowest BCUT2D eigenvalue weighted by Gasteiger charge is -2.19. The summed E-state index contributed by atoms with van der Waals surface area (Å²) in [6.07, 6.45) is 3.71. The van der Waals surface area contributed by atoms with E-state index >= 15 is 0 Å². The van der Waals surface area contributed by atoms with Crippen LogP contribution in [0.4, 0.5) is 0 Å². The van der Waals surface area contributed by atoms with Crippen molar-refractivity contribution in [3.63, 3.8) is 0 Å². The van der Waals surface area contributed by atoms with Crippen molar-refractivity contribution in [3.8, 4) is 0 Å². The molecule has 1 unspecified atom stereocenters. The molecule has 2 heteroatoms. The number of hydrogen-bond acceptors (Lipinski definition) is 2. The Labute approximate surface area is 127 Å². The molecule has 0 aliphatic heterocycles. The number of rotatable bonds is 8. The molecular formula is C18H25NS. The SMILES string of the molecule is CC(C)NCC(CCCc1ccsc1)c1ccccc1. The lowest BCUT2D eigenvalue weighted by Crippen LogP contribution is -2.28. The summed E-state index contributed by atoms with van der Waals surface area (Å²) in [4.78, 5) is 0. The van der Waals surface area contributed by atoms with Crippen LogP contribution in [0.25, 0.3) is 0 Å². The second kappa shape index (κ2) is 8.23. The van der Waals surface area contributed by atoms with E-state index in [0.717, 1.165) is 6.54 Å². The van der Waals surface area contributed by atoms with Crippen LogP contribution >= 0.6 is 11.3 Å². The highest BCUT2D eigenvalue weighted by Crippen LogP contribution is 2.22. The molecule has 0 amide bonds. The molecule has 1 heterocycles. The minimum atomic E-state index is 0.554. The smallest absolute Gasteiger partial charge is 0.00225 e. The molecule has 0 bridgehead atoms. The molecule has 1 aromatic heterocycles. The van der Waals surface area contributed by atoms with Crippen molar-refractivity contribution in [2.75, 3.05) is 6.54 Å². The van der Waals surface area contributed by atoms with Gasteiger partial charge in [0.1, 0.15) is 0 Å². The first-order valence-corrected chi connectivity index (χ1v) is 8.49. The van der Waals surface area contributed by atoms with E-state index in [-0.39, 0.29) is 0 Å². The van der Waals surface area contributed by atoms with E-state index in [0.29, 0.717) is 12.0 Å². The lowest BCUT2D eigenvalue weighted by molar-refractivity contribution is 0.498. The van der Waals surface area contributed by atoms with Crippen molar-refractivity contribution in [3.05, 3.63) is 58.3 Å². The number of nitrogens with one attached hydrogen (secondary N) is 1. The first-order valence-electron chi connectivity index (χ1n) is 7.55. The lowest BCUT2D eigenvalue weighted by atomic mass is 9.92. The summed E-state index contributed by atoms with van der Waals surface area (Å²) in [6.45, 7) is 5.51. The topological polar surface area (TPSA) is 12.0 Å². The van der Waals surface area contributed by atoms with Gasteiger partial charge in [0.25, 0.3) is 0 Å². The largest absolute Gasteiger partial charge is 0.314 e. The molecule has 0 saturated carbocycles. The molecule has 0 aliphatic rings. The monoisotopic (exact) mass is 287 g/mol. The minimum Gasteiger partial charge on any atom is -0.314 e. The summed E-state index contributed by atoms with van der Waals surface area (Å²) in [5, 5.41) is 8.03. The van der Waals surface area contributed by atoms with Crippen molar-refractivity contribution < 1.29 is 0 Å². The highest BCUT2D eigenvalue weighted by molar-refractivity contribution is 7.07. The first-order chi connectivity index (χ1) is 9.75. The third-order valence-electron chi connectivity index (χ3n) is 3.64. The van der Waals surface area contributed by atoms with Gasteiger partial charge in [-0.2, -0.15) is 11.3 Å². The van der Waals surface area contributed by atoms with Crippen molar-refractivity contribution in [2.45, 2.75) is 45.1 Å². The second-order valence-electron chi connectivity index (χ2n) is 5.69. The zero-order valence-electron chi connectivity index (χ0n) is 12.5. The van der Waals surface area contributed by atoms with Crippen LogP contribution in [0.15, 0.2) is 47.2 Å². The molecule has 1 aromatic carbocycles. The molecular weight excluding hydrogens is 262 g/mol. The molecule has 0 spiro atoms. The van der Waals surface area contributed by atoms with Crippen molar-refractivity contribution in [2.24, 2.45) is 0 Å². The zero-order valence-corrected chi connectivity index (χ0v) is 13.3. The molecule has 2 rings (SSSR count). The van der Waals surface area contributed by atoms with Gasteiger partial charge in [-0.3, -0.25) is 0 Å². The maximum Gasteiger partial charge on any atom is 0.00225 e. The van der Waals surface area contributed by atoms with E-state index < -0.39 is 0 Å². The number of thiophene rings is 1. The van der Waals surface area contributed by atoms with Crippen LogP contribution in [0, 0.1) is 0 Å². The van der Waals surface area contributed by atoms with Crippen LogP contribution in [0.5, 0.6) is 0 Å². The van der Waals surface area contributed by atoms with Gasteiger partial charge in [0.2, 0.25) is 0 Å². The van der Waals surface area contributed by atoms with Crippen LogP contribution in [0.2, 0.25) is 0 Å². The molecule has 1 N–H and O–H groups in total. The van der Waals surface area contributed by atoms with E-state index in [4.69, 9.17) is 0 Å².